The van der Waals surface area contributed by atoms with Crippen molar-refractivity contribution in [3.63, 3.8) is 0 Å². The molecule has 0 aliphatic heterocycles. The number of nitrogens with two attached hydrogens (primary N) is 1. The Hall–Kier alpha value is -1.13. The summed E-state index contributed by atoms with van der Waals surface area (Å²) in [4.78, 5) is 3.84. The van der Waals surface area contributed by atoms with Gasteiger partial charge in [0.15, 0.2) is 5.54 Å². The zero-order valence-corrected chi connectivity index (χ0v) is 10.4. The van der Waals surface area contributed by atoms with Gasteiger partial charge in [-0.1, -0.05) is 0 Å². The second kappa shape index (κ2) is 3.96. The highest BCUT2D eigenvalue weighted by molar-refractivity contribution is 7.09. The molecular weight excluding hydrogens is 251 g/mol. The van der Waals surface area contributed by atoms with Gasteiger partial charge in [0, 0.05) is 5.38 Å². The van der Waals surface area contributed by atoms with E-state index in [0.717, 1.165) is 18.3 Å². The van der Waals surface area contributed by atoms with Crippen LogP contribution in [0.25, 0.3) is 0 Å². The van der Waals surface area contributed by atoms with E-state index in [9.17, 15) is 13.2 Å². The standard InChI is InChI=1S/C10H12F3N3S/c1-8(2,5-14)7-16-6(4-17-7)9(3,15)10(11,12)13/h4H,15H2,1-3H3. The normalized spacial score (nSPS) is 16.4. The van der Waals surface area contributed by atoms with Crippen molar-refractivity contribution in [1.29, 1.82) is 5.26 Å². The second-order valence-electron chi connectivity index (χ2n) is 4.47. The van der Waals surface area contributed by atoms with Crippen molar-refractivity contribution >= 4 is 11.3 Å². The Morgan fingerprint density at radius 2 is 1.88 bits per heavy atom. The first-order valence-corrected chi connectivity index (χ1v) is 5.63. The molecule has 1 aromatic heterocycles. The molecule has 0 bridgehead atoms. The Labute approximate surface area is 101 Å². The number of nitriles is 1. The van der Waals surface area contributed by atoms with Crippen LogP contribution in [-0.2, 0) is 11.0 Å². The molecule has 0 saturated carbocycles. The lowest BCUT2D eigenvalue weighted by Crippen LogP contribution is -2.48. The smallest absolute Gasteiger partial charge is 0.313 e. The molecule has 2 N–H and O–H groups in total. The summed E-state index contributed by atoms with van der Waals surface area (Å²) in [6, 6.07) is 1.99. The SMILES string of the molecule is CC(C)(C#N)c1nc(C(C)(N)C(F)(F)F)cs1. The molecule has 17 heavy (non-hydrogen) atoms. The highest BCUT2D eigenvalue weighted by Crippen LogP contribution is 2.38. The van der Waals surface area contributed by atoms with E-state index < -0.39 is 17.1 Å². The molecule has 1 unspecified atom stereocenters. The largest absolute Gasteiger partial charge is 0.411 e. The summed E-state index contributed by atoms with van der Waals surface area (Å²) in [6.07, 6.45) is -4.57. The number of aromatic nitrogens is 1. The van der Waals surface area contributed by atoms with Crippen molar-refractivity contribution in [2.75, 3.05) is 0 Å². The summed E-state index contributed by atoms with van der Waals surface area (Å²) >= 11 is 1.01. The van der Waals surface area contributed by atoms with Crippen LogP contribution in [0.1, 0.15) is 31.5 Å². The predicted molar refractivity (Wildman–Crippen MR) is 58.3 cm³/mol. The average molecular weight is 263 g/mol. The molecule has 0 aromatic carbocycles. The molecule has 0 saturated heterocycles. The number of halogens is 3. The van der Waals surface area contributed by atoms with Crippen LogP contribution in [-0.4, -0.2) is 11.2 Å². The first-order valence-electron chi connectivity index (χ1n) is 4.75. The summed E-state index contributed by atoms with van der Waals surface area (Å²) in [5.41, 5.74) is 1.59. The fraction of sp³-hybridized carbons (Fsp3) is 0.600. The Kier molecular flexibility index (Phi) is 3.25. The minimum atomic E-state index is -4.57. The molecule has 94 valence electrons. The van der Waals surface area contributed by atoms with E-state index in [1.165, 1.54) is 5.38 Å². The van der Waals surface area contributed by atoms with Gasteiger partial charge >= 0.3 is 6.18 Å². The molecular formula is C10H12F3N3S. The van der Waals surface area contributed by atoms with E-state index in [4.69, 9.17) is 11.0 Å². The van der Waals surface area contributed by atoms with Crippen LogP contribution in [0.2, 0.25) is 0 Å². The van der Waals surface area contributed by atoms with Crippen molar-refractivity contribution in [1.82, 2.24) is 4.98 Å². The lowest BCUT2D eigenvalue weighted by atomic mass is 9.96. The molecule has 1 aromatic rings. The topological polar surface area (TPSA) is 62.7 Å². The van der Waals surface area contributed by atoms with Gasteiger partial charge in [-0.2, -0.15) is 18.4 Å². The van der Waals surface area contributed by atoms with E-state index in [2.05, 4.69) is 4.98 Å². The van der Waals surface area contributed by atoms with Gasteiger partial charge in [-0.15, -0.1) is 11.3 Å². The number of nitrogens with zero attached hydrogens (tertiary/aromatic N) is 2. The monoisotopic (exact) mass is 263 g/mol. The van der Waals surface area contributed by atoms with E-state index in [0.29, 0.717) is 5.01 Å². The van der Waals surface area contributed by atoms with Crippen LogP contribution in [0.4, 0.5) is 13.2 Å². The number of hydrogen-bond donors (Lipinski definition) is 1. The van der Waals surface area contributed by atoms with Gasteiger partial charge in [0.1, 0.15) is 10.4 Å². The summed E-state index contributed by atoms with van der Waals surface area (Å²) in [6.45, 7) is 4.05. The third-order valence-corrected chi connectivity index (χ3v) is 3.61. The molecule has 0 aliphatic carbocycles. The maximum atomic E-state index is 12.7. The number of hydrogen-bond acceptors (Lipinski definition) is 4. The lowest BCUT2D eigenvalue weighted by Gasteiger charge is -2.25. The zero-order valence-electron chi connectivity index (χ0n) is 9.59. The Bertz CT molecular complexity index is 454. The van der Waals surface area contributed by atoms with Crippen LogP contribution in [0, 0.1) is 11.3 Å². The summed E-state index contributed by atoms with van der Waals surface area (Å²) in [5, 5.41) is 10.5. The van der Waals surface area contributed by atoms with Gasteiger partial charge in [-0.3, -0.25) is 0 Å². The fourth-order valence-corrected chi connectivity index (χ4v) is 2.00. The molecule has 0 fully saturated rings. The van der Waals surface area contributed by atoms with Crippen molar-refractivity contribution in [3.05, 3.63) is 16.1 Å². The van der Waals surface area contributed by atoms with Crippen molar-refractivity contribution in [2.24, 2.45) is 5.73 Å². The first-order chi connectivity index (χ1) is 7.52. The van der Waals surface area contributed by atoms with Crippen LogP contribution < -0.4 is 5.73 Å². The average Bonchev–Trinajstić information content (AvgIpc) is 2.65. The van der Waals surface area contributed by atoms with Gasteiger partial charge in [-0.25, -0.2) is 4.98 Å². The summed E-state index contributed by atoms with van der Waals surface area (Å²) in [7, 11) is 0. The third-order valence-electron chi connectivity index (χ3n) is 2.44. The summed E-state index contributed by atoms with van der Waals surface area (Å²) in [5.74, 6) is 0. The molecule has 7 heteroatoms. The third kappa shape index (κ3) is 2.42. The van der Waals surface area contributed by atoms with E-state index in [1.807, 2.05) is 6.07 Å². The number of rotatable bonds is 2. The Balaban J connectivity index is 3.18. The number of thiazole rings is 1. The molecule has 0 aliphatic rings. The van der Waals surface area contributed by atoms with Crippen LogP contribution >= 0.6 is 11.3 Å². The van der Waals surface area contributed by atoms with Crippen LogP contribution in [0.5, 0.6) is 0 Å². The number of alkyl halides is 3. The summed E-state index contributed by atoms with van der Waals surface area (Å²) < 4.78 is 38.0. The lowest BCUT2D eigenvalue weighted by molar-refractivity contribution is -0.185. The van der Waals surface area contributed by atoms with Crippen LogP contribution in [0.3, 0.4) is 0 Å². The molecule has 0 radical (unpaired) electrons. The van der Waals surface area contributed by atoms with Gasteiger partial charge in [0.2, 0.25) is 0 Å². The first kappa shape index (κ1) is 13.9. The van der Waals surface area contributed by atoms with Crippen molar-refractivity contribution in [2.45, 2.75) is 37.9 Å². The van der Waals surface area contributed by atoms with Gasteiger partial charge in [0.25, 0.3) is 0 Å². The van der Waals surface area contributed by atoms with Gasteiger partial charge in [-0.05, 0) is 20.8 Å². The molecule has 1 atom stereocenters. The highest BCUT2D eigenvalue weighted by atomic mass is 32.1. The molecule has 1 heterocycles. The van der Waals surface area contributed by atoms with E-state index in [-0.39, 0.29) is 5.69 Å². The van der Waals surface area contributed by atoms with Crippen LogP contribution in [0.15, 0.2) is 5.38 Å². The van der Waals surface area contributed by atoms with Crippen molar-refractivity contribution < 1.29 is 13.2 Å². The Morgan fingerprint density at radius 1 is 1.35 bits per heavy atom. The maximum absolute atomic E-state index is 12.7. The second-order valence-corrected chi connectivity index (χ2v) is 5.33. The van der Waals surface area contributed by atoms with Gasteiger partial charge < -0.3 is 5.73 Å². The zero-order chi connectivity index (χ0) is 13.5. The minimum absolute atomic E-state index is 0.256. The molecule has 0 amide bonds. The van der Waals surface area contributed by atoms with E-state index >= 15 is 0 Å². The fourth-order valence-electron chi connectivity index (χ4n) is 0.992. The Morgan fingerprint density at radius 3 is 2.29 bits per heavy atom. The quantitative estimate of drug-likeness (QED) is 0.892. The highest BCUT2D eigenvalue weighted by Gasteiger charge is 2.51. The van der Waals surface area contributed by atoms with Gasteiger partial charge in [0.05, 0.1) is 11.8 Å². The minimum Gasteiger partial charge on any atom is -0.313 e. The maximum Gasteiger partial charge on any atom is 0.411 e. The van der Waals surface area contributed by atoms with E-state index in [1.54, 1.807) is 13.8 Å². The van der Waals surface area contributed by atoms with Crippen molar-refractivity contribution in [3.8, 4) is 6.07 Å². The molecule has 1 rings (SSSR count). The predicted octanol–water partition coefficient (Wildman–Crippen LogP) is 2.68. The molecule has 3 nitrogen and oxygen atoms in total. The molecule has 0 spiro atoms.